The molecule has 0 bridgehead atoms. The van der Waals surface area contributed by atoms with Crippen molar-refractivity contribution in [2.75, 3.05) is 25.1 Å². The molecule has 1 saturated heterocycles. The third kappa shape index (κ3) is 6.13. The van der Waals surface area contributed by atoms with Crippen LogP contribution in [0.15, 0.2) is 30.3 Å². The molecular formula is C22H33N5O2. The van der Waals surface area contributed by atoms with Gasteiger partial charge >= 0.3 is 0 Å². The fraction of sp³-hybridized carbons (Fsp3) is 0.545. The number of ether oxygens (including phenoxy) is 1. The number of hydrogen-bond donors (Lipinski definition) is 4. The van der Waals surface area contributed by atoms with Gasteiger partial charge < -0.3 is 26.4 Å². The fourth-order valence-corrected chi connectivity index (χ4v) is 3.68. The van der Waals surface area contributed by atoms with Crippen molar-refractivity contribution in [3.8, 4) is 0 Å². The molecule has 3 atom stereocenters. The first-order chi connectivity index (χ1) is 14.1. The Hall–Kier alpha value is -2.22. The standard InChI is InChI=1S/C22H33N5O2/c1-3-17(26-18-8-6-12-29-14-18)10-11-24-21-19(22(28)25-15(2)23)13-16-7-4-5-9-20(16)27-21/h4-5,7,9,13,15,17-18,26H,3,6,8,10-12,14,23H2,1-2H3,(H,24,27)(H,25,28). The smallest absolute Gasteiger partial charge is 0.256 e. The quantitative estimate of drug-likeness (QED) is 0.484. The van der Waals surface area contributed by atoms with Gasteiger partial charge in [-0.05, 0) is 44.7 Å². The van der Waals surface area contributed by atoms with Crippen LogP contribution >= 0.6 is 0 Å². The van der Waals surface area contributed by atoms with Crippen molar-refractivity contribution in [3.63, 3.8) is 0 Å². The number of amides is 1. The highest BCUT2D eigenvalue weighted by Gasteiger charge is 2.18. The van der Waals surface area contributed by atoms with E-state index in [0.29, 0.717) is 23.5 Å². The summed E-state index contributed by atoms with van der Waals surface area (Å²) in [6, 6.07) is 10.5. The van der Waals surface area contributed by atoms with E-state index in [2.05, 4.69) is 27.9 Å². The second kappa shape index (κ2) is 10.5. The number of hydrogen-bond acceptors (Lipinski definition) is 6. The number of aromatic nitrogens is 1. The van der Waals surface area contributed by atoms with E-state index >= 15 is 0 Å². The first-order valence-corrected chi connectivity index (χ1v) is 10.6. The van der Waals surface area contributed by atoms with Gasteiger partial charge in [-0.15, -0.1) is 0 Å². The van der Waals surface area contributed by atoms with Crippen LogP contribution < -0.4 is 21.7 Å². The number of nitrogens with one attached hydrogen (secondary N) is 3. The van der Waals surface area contributed by atoms with Crippen molar-refractivity contribution in [2.24, 2.45) is 5.73 Å². The first kappa shape index (κ1) is 21.5. The Kier molecular flexibility index (Phi) is 7.80. The molecule has 1 amide bonds. The number of anilines is 1. The lowest BCUT2D eigenvalue weighted by Gasteiger charge is -2.28. The highest BCUT2D eigenvalue weighted by Crippen LogP contribution is 2.21. The molecule has 0 radical (unpaired) electrons. The maximum absolute atomic E-state index is 12.6. The van der Waals surface area contributed by atoms with E-state index in [-0.39, 0.29) is 5.91 Å². The lowest BCUT2D eigenvalue weighted by atomic mass is 10.1. The normalized spacial score (nSPS) is 18.9. The molecule has 29 heavy (non-hydrogen) atoms. The number of para-hydroxylation sites is 1. The predicted molar refractivity (Wildman–Crippen MR) is 117 cm³/mol. The molecule has 3 unspecified atom stereocenters. The zero-order valence-corrected chi connectivity index (χ0v) is 17.4. The summed E-state index contributed by atoms with van der Waals surface area (Å²) in [5.74, 6) is 0.378. The summed E-state index contributed by atoms with van der Waals surface area (Å²) in [7, 11) is 0. The minimum absolute atomic E-state index is 0.217. The van der Waals surface area contributed by atoms with Crippen LogP contribution in [-0.2, 0) is 4.74 Å². The van der Waals surface area contributed by atoms with Crippen LogP contribution in [0.2, 0.25) is 0 Å². The van der Waals surface area contributed by atoms with Gasteiger partial charge in [-0.3, -0.25) is 4.79 Å². The van der Waals surface area contributed by atoms with E-state index in [9.17, 15) is 4.79 Å². The third-order valence-electron chi connectivity index (χ3n) is 5.24. The van der Waals surface area contributed by atoms with Gasteiger partial charge in [0.05, 0.1) is 23.9 Å². The number of nitrogens with two attached hydrogens (primary N) is 1. The summed E-state index contributed by atoms with van der Waals surface area (Å²) in [5.41, 5.74) is 7.12. The molecule has 2 heterocycles. The molecule has 0 saturated carbocycles. The SMILES string of the molecule is CCC(CCNc1nc2ccccc2cc1C(=O)NC(C)N)NC1CCCOC1. The maximum Gasteiger partial charge on any atom is 0.256 e. The van der Waals surface area contributed by atoms with Crippen LogP contribution in [-0.4, -0.2) is 48.9 Å². The molecule has 1 aromatic heterocycles. The van der Waals surface area contributed by atoms with E-state index < -0.39 is 6.17 Å². The van der Waals surface area contributed by atoms with E-state index in [4.69, 9.17) is 10.5 Å². The molecule has 1 fully saturated rings. The summed E-state index contributed by atoms with van der Waals surface area (Å²) in [4.78, 5) is 17.3. The Labute approximate surface area is 172 Å². The van der Waals surface area contributed by atoms with Crippen molar-refractivity contribution in [3.05, 3.63) is 35.9 Å². The molecule has 1 aliphatic rings. The van der Waals surface area contributed by atoms with E-state index in [1.54, 1.807) is 6.92 Å². The molecule has 7 nitrogen and oxygen atoms in total. The Morgan fingerprint density at radius 2 is 2.21 bits per heavy atom. The van der Waals surface area contributed by atoms with Crippen molar-refractivity contribution >= 4 is 22.6 Å². The second-order valence-corrected chi connectivity index (χ2v) is 7.74. The first-order valence-electron chi connectivity index (χ1n) is 10.6. The monoisotopic (exact) mass is 399 g/mol. The minimum Gasteiger partial charge on any atom is -0.380 e. The number of pyridine rings is 1. The fourth-order valence-electron chi connectivity index (χ4n) is 3.68. The van der Waals surface area contributed by atoms with Crippen molar-refractivity contribution < 1.29 is 9.53 Å². The number of fused-ring (bicyclic) bond motifs is 1. The van der Waals surface area contributed by atoms with Gasteiger partial charge in [0.1, 0.15) is 5.82 Å². The molecule has 158 valence electrons. The van der Waals surface area contributed by atoms with Crippen LogP contribution in [0.3, 0.4) is 0 Å². The van der Waals surface area contributed by atoms with E-state index in [1.807, 2.05) is 30.3 Å². The molecule has 1 aromatic carbocycles. The Balaban J connectivity index is 1.67. The van der Waals surface area contributed by atoms with Gasteiger partial charge in [0.25, 0.3) is 5.91 Å². The molecule has 5 N–H and O–H groups in total. The zero-order chi connectivity index (χ0) is 20.6. The van der Waals surface area contributed by atoms with Gasteiger partial charge in [0.2, 0.25) is 0 Å². The van der Waals surface area contributed by atoms with Crippen LogP contribution in [0.4, 0.5) is 5.82 Å². The highest BCUT2D eigenvalue weighted by molar-refractivity contribution is 6.02. The van der Waals surface area contributed by atoms with Gasteiger partial charge in [-0.25, -0.2) is 4.98 Å². The summed E-state index contributed by atoms with van der Waals surface area (Å²) < 4.78 is 5.57. The van der Waals surface area contributed by atoms with Gasteiger partial charge in [0, 0.05) is 30.6 Å². The molecule has 1 aliphatic heterocycles. The lowest BCUT2D eigenvalue weighted by molar-refractivity contribution is 0.0658. The van der Waals surface area contributed by atoms with Gasteiger partial charge in [-0.1, -0.05) is 25.1 Å². The lowest BCUT2D eigenvalue weighted by Crippen LogP contribution is -2.43. The number of rotatable bonds is 9. The van der Waals surface area contributed by atoms with Crippen LogP contribution in [0, 0.1) is 0 Å². The minimum atomic E-state index is -0.423. The third-order valence-corrected chi connectivity index (χ3v) is 5.24. The summed E-state index contributed by atoms with van der Waals surface area (Å²) in [5, 5.41) is 10.8. The van der Waals surface area contributed by atoms with Crippen LogP contribution in [0.25, 0.3) is 10.9 Å². The Bertz CT molecular complexity index is 805. The molecule has 7 heteroatoms. The van der Waals surface area contributed by atoms with E-state index in [0.717, 1.165) is 56.3 Å². The van der Waals surface area contributed by atoms with Crippen molar-refractivity contribution in [1.82, 2.24) is 15.6 Å². The van der Waals surface area contributed by atoms with Crippen molar-refractivity contribution in [2.45, 2.75) is 57.8 Å². The number of nitrogens with zero attached hydrogens (tertiary/aromatic N) is 1. The number of carbonyl (C=O) groups is 1. The summed E-state index contributed by atoms with van der Waals surface area (Å²) in [6.45, 7) is 6.32. The molecule has 0 aliphatic carbocycles. The molecule has 2 aromatic rings. The maximum atomic E-state index is 12.6. The average molecular weight is 400 g/mol. The molecular weight excluding hydrogens is 366 g/mol. The topological polar surface area (TPSA) is 101 Å². The van der Waals surface area contributed by atoms with Crippen molar-refractivity contribution in [1.29, 1.82) is 0 Å². The molecule has 3 rings (SSSR count). The largest absolute Gasteiger partial charge is 0.380 e. The summed E-state index contributed by atoms with van der Waals surface area (Å²) >= 11 is 0. The summed E-state index contributed by atoms with van der Waals surface area (Å²) in [6.07, 6.45) is 3.84. The predicted octanol–water partition coefficient (Wildman–Crippen LogP) is 2.62. The highest BCUT2D eigenvalue weighted by atomic mass is 16.5. The number of carbonyl (C=O) groups excluding carboxylic acids is 1. The van der Waals surface area contributed by atoms with Gasteiger partial charge in [-0.2, -0.15) is 0 Å². The van der Waals surface area contributed by atoms with Crippen LogP contribution in [0.1, 0.15) is 49.9 Å². The Morgan fingerprint density at radius 3 is 2.93 bits per heavy atom. The average Bonchev–Trinajstić information content (AvgIpc) is 2.72. The zero-order valence-electron chi connectivity index (χ0n) is 17.4. The van der Waals surface area contributed by atoms with Crippen LogP contribution in [0.5, 0.6) is 0 Å². The Morgan fingerprint density at radius 1 is 1.38 bits per heavy atom. The second-order valence-electron chi connectivity index (χ2n) is 7.74. The number of benzene rings is 1. The van der Waals surface area contributed by atoms with Gasteiger partial charge in [0.15, 0.2) is 0 Å². The molecule has 0 spiro atoms. The van der Waals surface area contributed by atoms with E-state index in [1.165, 1.54) is 0 Å².